The second-order valence-electron chi connectivity index (χ2n) is 2.31. The number of halogens is 1. The lowest BCUT2D eigenvalue weighted by atomic mass is 10.1. The van der Waals surface area contributed by atoms with Crippen LogP contribution in [0.3, 0.4) is 0 Å². The molecule has 0 aromatic heterocycles. The molecule has 4 heteroatoms. The molecule has 3 N–H and O–H groups in total. The van der Waals surface area contributed by atoms with Crippen LogP contribution in [0.4, 0.5) is 5.69 Å². The third-order valence-corrected chi connectivity index (χ3v) is 1.95. The quantitative estimate of drug-likeness (QED) is 0.592. The van der Waals surface area contributed by atoms with Crippen molar-refractivity contribution in [2.75, 3.05) is 12.3 Å². The third kappa shape index (κ3) is 1.84. The summed E-state index contributed by atoms with van der Waals surface area (Å²) in [4.78, 5) is 11.0. The van der Waals surface area contributed by atoms with Crippen LogP contribution in [-0.2, 0) is 0 Å². The highest BCUT2D eigenvalue weighted by Crippen LogP contribution is 2.18. The molecule has 1 aromatic carbocycles. The van der Waals surface area contributed by atoms with E-state index in [0.29, 0.717) is 11.3 Å². The van der Waals surface area contributed by atoms with Crippen LogP contribution in [-0.4, -0.2) is 17.5 Å². The van der Waals surface area contributed by atoms with Crippen LogP contribution in [0.5, 0.6) is 0 Å². The van der Waals surface area contributed by atoms with E-state index in [1.807, 2.05) is 0 Å². The van der Waals surface area contributed by atoms with E-state index in [1.54, 1.807) is 18.2 Å². The van der Waals surface area contributed by atoms with Gasteiger partial charge in [-0.05, 0) is 18.2 Å². The predicted octanol–water partition coefficient (Wildman–Crippen LogP) is 1.21. The molecule has 0 amide bonds. The summed E-state index contributed by atoms with van der Waals surface area (Å²) in [5.74, 6) is -0.361. The molecule has 0 bridgehead atoms. The van der Waals surface area contributed by atoms with Gasteiger partial charge in [-0.25, -0.2) is 0 Å². The van der Waals surface area contributed by atoms with Crippen LogP contribution in [0.25, 0.3) is 0 Å². The van der Waals surface area contributed by atoms with Crippen LogP contribution in [0.1, 0.15) is 10.4 Å². The van der Waals surface area contributed by atoms with Gasteiger partial charge in [0.05, 0.1) is 0 Å². The van der Waals surface area contributed by atoms with Gasteiger partial charge in [-0.3, -0.25) is 4.79 Å². The number of hydrogen-bond acceptors (Lipinski definition) is 3. The number of anilines is 1. The zero-order valence-electron chi connectivity index (χ0n) is 6.25. The number of ketones is 1. The molecule has 0 saturated heterocycles. The SMILES string of the molecule is Nc1cc(Br)ccc1C(=O)CO. The van der Waals surface area contributed by atoms with Crippen LogP contribution >= 0.6 is 15.9 Å². The van der Waals surface area contributed by atoms with E-state index in [4.69, 9.17) is 10.8 Å². The van der Waals surface area contributed by atoms with Crippen LogP contribution in [0.2, 0.25) is 0 Å². The summed E-state index contributed by atoms with van der Waals surface area (Å²) in [6.45, 7) is -0.508. The maximum atomic E-state index is 11.0. The molecular formula is C8H8BrNO2. The second kappa shape index (κ2) is 3.69. The molecule has 1 aromatic rings. The lowest BCUT2D eigenvalue weighted by Gasteiger charge is -2.02. The second-order valence-corrected chi connectivity index (χ2v) is 3.23. The summed E-state index contributed by atoms with van der Waals surface area (Å²) in [6, 6.07) is 4.92. The minimum Gasteiger partial charge on any atom is -0.398 e. The van der Waals surface area contributed by atoms with Gasteiger partial charge in [0.15, 0.2) is 5.78 Å². The molecule has 3 nitrogen and oxygen atoms in total. The van der Waals surface area contributed by atoms with E-state index >= 15 is 0 Å². The van der Waals surface area contributed by atoms with Gasteiger partial charge in [-0.2, -0.15) is 0 Å². The van der Waals surface area contributed by atoms with Crippen molar-refractivity contribution >= 4 is 27.4 Å². The molecule has 0 saturated carbocycles. The number of nitrogen functional groups attached to an aromatic ring is 1. The Labute approximate surface area is 78.3 Å². The Hall–Kier alpha value is -0.870. The number of carbonyl (C=O) groups is 1. The molecule has 0 aliphatic carbocycles. The highest BCUT2D eigenvalue weighted by molar-refractivity contribution is 9.10. The smallest absolute Gasteiger partial charge is 0.190 e. The van der Waals surface area contributed by atoms with Crippen molar-refractivity contribution in [1.82, 2.24) is 0 Å². The van der Waals surface area contributed by atoms with Gasteiger partial charge in [0.2, 0.25) is 0 Å². The molecule has 0 fully saturated rings. The van der Waals surface area contributed by atoms with Gasteiger partial charge >= 0.3 is 0 Å². The monoisotopic (exact) mass is 229 g/mol. The largest absolute Gasteiger partial charge is 0.398 e. The Balaban J connectivity index is 3.09. The van der Waals surface area contributed by atoms with E-state index < -0.39 is 6.61 Å². The van der Waals surface area contributed by atoms with Crippen LogP contribution in [0, 0.1) is 0 Å². The number of benzene rings is 1. The first-order chi connectivity index (χ1) is 5.65. The normalized spacial score (nSPS) is 9.83. The Kier molecular flexibility index (Phi) is 2.83. The van der Waals surface area contributed by atoms with Crippen molar-refractivity contribution in [3.05, 3.63) is 28.2 Å². The average Bonchev–Trinajstić information content (AvgIpc) is 2.03. The zero-order valence-corrected chi connectivity index (χ0v) is 7.84. The summed E-state index contributed by atoms with van der Waals surface area (Å²) >= 11 is 3.21. The summed E-state index contributed by atoms with van der Waals surface area (Å²) in [5, 5.41) is 8.57. The molecule has 12 heavy (non-hydrogen) atoms. The lowest BCUT2D eigenvalue weighted by molar-refractivity contribution is 0.0904. The first kappa shape index (κ1) is 9.22. The van der Waals surface area contributed by atoms with Crippen LogP contribution < -0.4 is 5.73 Å². The third-order valence-electron chi connectivity index (χ3n) is 1.46. The fourth-order valence-corrected chi connectivity index (χ4v) is 1.25. The number of aliphatic hydroxyl groups is 1. The highest BCUT2D eigenvalue weighted by Gasteiger charge is 2.07. The molecule has 0 heterocycles. The Morgan fingerprint density at radius 2 is 2.25 bits per heavy atom. The van der Waals surface area contributed by atoms with E-state index in [-0.39, 0.29) is 5.78 Å². The van der Waals surface area contributed by atoms with Crippen molar-refractivity contribution in [2.45, 2.75) is 0 Å². The lowest BCUT2D eigenvalue weighted by Crippen LogP contribution is -2.07. The predicted molar refractivity (Wildman–Crippen MR) is 50.0 cm³/mol. The Morgan fingerprint density at radius 1 is 1.58 bits per heavy atom. The number of hydrogen-bond donors (Lipinski definition) is 2. The summed E-state index contributed by atoms with van der Waals surface area (Å²) < 4.78 is 0.814. The number of Topliss-reactive ketones (excluding diaryl/α,β-unsaturated/α-hetero) is 1. The van der Waals surface area contributed by atoms with Gasteiger partial charge in [0, 0.05) is 15.7 Å². The summed E-state index contributed by atoms with van der Waals surface area (Å²) in [6.07, 6.45) is 0. The topological polar surface area (TPSA) is 63.3 Å². The highest BCUT2D eigenvalue weighted by atomic mass is 79.9. The number of rotatable bonds is 2. The maximum Gasteiger partial charge on any atom is 0.190 e. The van der Waals surface area contributed by atoms with Crippen molar-refractivity contribution in [3.63, 3.8) is 0 Å². The van der Waals surface area contributed by atoms with Crippen molar-refractivity contribution in [2.24, 2.45) is 0 Å². The van der Waals surface area contributed by atoms with Gasteiger partial charge in [-0.1, -0.05) is 15.9 Å². The average molecular weight is 230 g/mol. The maximum absolute atomic E-state index is 11.0. The Morgan fingerprint density at radius 3 is 2.75 bits per heavy atom. The molecule has 0 spiro atoms. The standard InChI is InChI=1S/C8H8BrNO2/c9-5-1-2-6(7(10)3-5)8(12)4-11/h1-3,11H,4,10H2. The van der Waals surface area contributed by atoms with Crippen molar-refractivity contribution in [3.8, 4) is 0 Å². The summed E-state index contributed by atoms with van der Waals surface area (Å²) in [7, 11) is 0. The molecule has 0 unspecified atom stereocenters. The minimum absolute atomic E-state index is 0.361. The van der Waals surface area contributed by atoms with Crippen molar-refractivity contribution in [1.29, 1.82) is 0 Å². The molecule has 1 rings (SSSR count). The van der Waals surface area contributed by atoms with Gasteiger partial charge in [0.25, 0.3) is 0 Å². The molecule has 64 valence electrons. The van der Waals surface area contributed by atoms with Crippen molar-refractivity contribution < 1.29 is 9.90 Å². The van der Waals surface area contributed by atoms with Crippen LogP contribution in [0.15, 0.2) is 22.7 Å². The summed E-state index contributed by atoms with van der Waals surface area (Å²) in [5.41, 5.74) is 6.28. The first-order valence-electron chi connectivity index (χ1n) is 3.34. The molecular weight excluding hydrogens is 222 g/mol. The van der Waals surface area contributed by atoms with Gasteiger partial charge in [-0.15, -0.1) is 0 Å². The molecule has 0 aliphatic heterocycles. The molecule has 0 aliphatic rings. The molecule has 0 atom stereocenters. The van der Waals surface area contributed by atoms with Gasteiger partial charge in [0.1, 0.15) is 6.61 Å². The fourth-order valence-electron chi connectivity index (χ4n) is 0.873. The van der Waals surface area contributed by atoms with Gasteiger partial charge < -0.3 is 10.8 Å². The molecule has 0 radical (unpaired) electrons. The fraction of sp³-hybridized carbons (Fsp3) is 0.125. The van der Waals surface area contributed by atoms with E-state index in [2.05, 4.69) is 15.9 Å². The van der Waals surface area contributed by atoms with E-state index in [0.717, 1.165) is 4.47 Å². The van der Waals surface area contributed by atoms with E-state index in [9.17, 15) is 4.79 Å². The zero-order chi connectivity index (χ0) is 9.14. The number of aliphatic hydroxyl groups excluding tert-OH is 1. The first-order valence-corrected chi connectivity index (χ1v) is 4.13. The number of nitrogens with two attached hydrogens (primary N) is 1. The van der Waals surface area contributed by atoms with E-state index in [1.165, 1.54) is 0 Å². The number of carbonyl (C=O) groups excluding carboxylic acids is 1. The minimum atomic E-state index is -0.508. The Bertz CT molecular complexity index is 312.